The molecule has 70 valence electrons. The van der Waals surface area contributed by atoms with Crippen molar-refractivity contribution in [2.45, 2.75) is 12.3 Å². The fourth-order valence-corrected chi connectivity index (χ4v) is 1.73. The molecule has 0 unspecified atom stereocenters. The van der Waals surface area contributed by atoms with E-state index < -0.39 is 0 Å². The van der Waals surface area contributed by atoms with Gasteiger partial charge in [0.1, 0.15) is 0 Å². The lowest BCUT2D eigenvalue weighted by Crippen LogP contribution is -2.52. The molecule has 1 aliphatic rings. The number of benzene rings is 1. The summed E-state index contributed by atoms with van der Waals surface area (Å²) in [6, 6.07) is 8.53. The molecule has 2 nitrogen and oxygen atoms in total. The van der Waals surface area contributed by atoms with Crippen molar-refractivity contribution in [1.82, 2.24) is 0 Å². The van der Waals surface area contributed by atoms with Crippen molar-refractivity contribution in [1.29, 1.82) is 0 Å². The third-order valence-corrected chi connectivity index (χ3v) is 2.78. The van der Waals surface area contributed by atoms with Gasteiger partial charge in [0, 0.05) is 6.54 Å². The smallest absolute Gasteiger partial charge is 0.0597 e. The lowest BCUT2D eigenvalue weighted by molar-refractivity contribution is -0.0550. The normalized spacial score (nSPS) is 19.5. The molecule has 2 N–H and O–H groups in total. The topological polar surface area (TPSA) is 35.2 Å². The molecule has 0 saturated carbocycles. The molecule has 0 bridgehead atoms. The van der Waals surface area contributed by atoms with Crippen molar-refractivity contribution in [2.75, 3.05) is 19.8 Å². The van der Waals surface area contributed by atoms with E-state index in [0.717, 1.165) is 13.2 Å². The Morgan fingerprint density at radius 3 is 2.69 bits per heavy atom. The Morgan fingerprint density at radius 2 is 2.23 bits per heavy atom. The number of nitrogens with two attached hydrogens (primary N) is 1. The summed E-state index contributed by atoms with van der Waals surface area (Å²) < 4.78 is 5.24. The minimum Gasteiger partial charge on any atom is -0.379 e. The fraction of sp³-hybridized carbons (Fsp3) is 0.455. The second-order valence-corrected chi connectivity index (χ2v) is 3.85. The Hall–Kier alpha value is -0.860. The van der Waals surface area contributed by atoms with E-state index in [-0.39, 0.29) is 5.41 Å². The van der Waals surface area contributed by atoms with Gasteiger partial charge in [0.25, 0.3) is 0 Å². The first-order valence-corrected chi connectivity index (χ1v) is 4.62. The van der Waals surface area contributed by atoms with Crippen molar-refractivity contribution < 1.29 is 4.74 Å². The standard InChI is InChI=1S/C11H15NO/c1-9-3-2-4-10(5-9)11(6-12)7-13-8-11/h2-5H,6-8,12H2,1H3. The first kappa shape index (κ1) is 8.73. The molecule has 0 aromatic heterocycles. The monoisotopic (exact) mass is 177 g/mol. The first-order valence-electron chi connectivity index (χ1n) is 4.62. The lowest BCUT2D eigenvalue weighted by Gasteiger charge is -2.41. The Balaban J connectivity index is 2.33. The van der Waals surface area contributed by atoms with Gasteiger partial charge in [-0.2, -0.15) is 0 Å². The Labute approximate surface area is 78.7 Å². The van der Waals surface area contributed by atoms with Gasteiger partial charge in [-0.05, 0) is 12.5 Å². The molecule has 2 rings (SSSR count). The van der Waals surface area contributed by atoms with Crippen molar-refractivity contribution in [3.63, 3.8) is 0 Å². The number of aryl methyl sites for hydroxylation is 1. The summed E-state index contributed by atoms with van der Waals surface area (Å²) in [5.74, 6) is 0. The molecule has 1 heterocycles. The average molecular weight is 177 g/mol. The molecule has 1 aromatic carbocycles. The van der Waals surface area contributed by atoms with Crippen LogP contribution in [-0.4, -0.2) is 19.8 Å². The maximum Gasteiger partial charge on any atom is 0.0597 e. The van der Waals surface area contributed by atoms with Gasteiger partial charge in [-0.25, -0.2) is 0 Å². The highest BCUT2D eigenvalue weighted by atomic mass is 16.5. The molecule has 1 aromatic rings. The summed E-state index contributed by atoms with van der Waals surface area (Å²) in [5.41, 5.74) is 8.48. The zero-order chi connectivity index (χ0) is 9.31. The van der Waals surface area contributed by atoms with Crippen LogP contribution in [0.5, 0.6) is 0 Å². The quantitative estimate of drug-likeness (QED) is 0.737. The van der Waals surface area contributed by atoms with Gasteiger partial charge >= 0.3 is 0 Å². The predicted molar refractivity (Wildman–Crippen MR) is 52.7 cm³/mol. The molecule has 2 heteroatoms. The number of hydrogen-bond acceptors (Lipinski definition) is 2. The SMILES string of the molecule is Cc1cccc(C2(CN)COC2)c1. The predicted octanol–water partition coefficient (Wildman–Crippen LogP) is 1.22. The first-order chi connectivity index (χ1) is 6.27. The summed E-state index contributed by atoms with van der Waals surface area (Å²) in [4.78, 5) is 0. The highest BCUT2D eigenvalue weighted by molar-refractivity contribution is 5.32. The van der Waals surface area contributed by atoms with E-state index in [1.807, 2.05) is 0 Å². The minimum atomic E-state index is 0.103. The van der Waals surface area contributed by atoms with Gasteiger partial charge in [-0.3, -0.25) is 0 Å². The van der Waals surface area contributed by atoms with E-state index >= 15 is 0 Å². The molecular formula is C11H15NO. The van der Waals surface area contributed by atoms with Crippen molar-refractivity contribution >= 4 is 0 Å². The van der Waals surface area contributed by atoms with Crippen molar-refractivity contribution in [3.8, 4) is 0 Å². The molecule has 1 fully saturated rings. The highest BCUT2D eigenvalue weighted by Gasteiger charge is 2.38. The highest BCUT2D eigenvalue weighted by Crippen LogP contribution is 2.31. The van der Waals surface area contributed by atoms with Crippen LogP contribution in [0.2, 0.25) is 0 Å². The van der Waals surface area contributed by atoms with E-state index in [1.165, 1.54) is 11.1 Å². The van der Waals surface area contributed by atoms with Gasteiger partial charge in [0.2, 0.25) is 0 Å². The molecule has 1 saturated heterocycles. The second-order valence-electron chi connectivity index (χ2n) is 3.85. The van der Waals surface area contributed by atoms with E-state index in [9.17, 15) is 0 Å². The Morgan fingerprint density at radius 1 is 1.46 bits per heavy atom. The fourth-order valence-electron chi connectivity index (χ4n) is 1.73. The summed E-state index contributed by atoms with van der Waals surface area (Å²) >= 11 is 0. The van der Waals surface area contributed by atoms with Gasteiger partial charge in [-0.15, -0.1) is 0 Å². The number of ether oxygens (including phenoxy) is 1. The largest absolute Gasteiger partial charge is 0.379 e. The lowest BCUT2D eigenvalue weighted by atomic mass is 9.78. The summed E-state index contributed by atoms with van der Waals surface area (Å²) in [7, 11) is 0. The van der Waals surface area contributed by atoms with E-state index in [2.05, 4.69) is 31.2 Å². The van der Waals surface area contributed by atoms with Crippen LogP contribution in [0.3, 0.4) is 0 Å². The maximum atomic E-state index is 5.77. The second kappa shape index (κ2) is 3.13. The van der Waals surface area contributed by atoms with E-state index in [4.69, 9.17) is 10.5 Å². The molecular weight excluding hydrogens is 162 g/mol. The van der Waals surface area contributed by atoms with Crippen LogP contribution >= 0.6 is 0 Å². The van der Waals surface area contributed by atoms with Crippen LogP contribution in [0, 0.1) is 6.92 Å². The Bertz CT molecular complexity index is 299. The molecule has 0 spiro atoms. The molecule has 0 radical (unpaired) electrons. The van der Waals surface area contributed by atoms with Crippen LogP contribution in [0.1, 0.15) is 11.1 Å². The molecule has 1 aliphatic heterocycles. The van der Waals surface area contributed by atoms with Crippen LogP contribution < -0.4 is 5.73 Å². The van der Waals surface area contributed by atoms with Gasteiger partial charge in [-0.1, -0.05) is 29.8 Å². The van der Waals surface area contributed by atoms with Crippen LogP contribution in [-0.2, 0) is 10.2 Å². The van der Waals surface area contributed by atoms with Gasteiger partial charge in [0.05, 0.1) is 18.6 Å². The van der Waals surface area contributed by atoms with E-state index in [0.29, 0.717) is 6.54 Å². The average Bonchev–Trinajstić information content (AvgIpc) is 2.03. The number of hydrogen-bond donors (Lipinski definition) is 1. The summed E-state index contributed by atoms with van der Waals surface area (Å²) in [6.45, 7) is 4.32. The minimum absolute atomic E-state index is 0.103. The van der Waals surface area contributed by atoms with Gasteiger partial charge in [0.15, 0.2) is 0 Å². The molecule has 0 amide bonds. The Kier molecular flexibility index (Phi) is 2.10. The molecule has 13 heavy (non-hydrogen) atoms. The third-order valence-electron chi connectivity index (χ3n) is 2.78. The zero-order valence-electron chi connectivity index (χ0n) is 7.92. The zero-order valence-corrected chi connectivity index (χ0v) is 7.92. The van der Waals surface area contributed by atoms with Crippen molar-refractivity contribution in [2.24, 2.45) is 5.73 Å². The van der Waals surface area contributed by atoms with Crippen molar-refractivity contribution in [3.05, 3.63) is 35.4 Å². The third kappa shape index (κ3) is 1.36. The number of rotatable bonds is 2. The van der Waals surface area contributed by atoms with Gasteiger partial charge < -0.3 is 10.5 Å². The summed E-state index contributed by atoms with van der Waals surface area (Å²) in [6.07, 6.45) is 0. The van der Waals surface area contributed by atoms with E-state index in [1.54, 1.807) is 0 Å². The molecule has 0 atom stereocenters. The van der Waals surface area contributed by atoms with Crippen LogP contribution in [0.15, 0.2) is 24.3 Å². The summed E-state index contributed by atoms with van der Waals surface area (Å²) in [5, 5.41) is 0. The van der Waals surface area contributed by atoms with Crippen LogP contribution in [0.25, 0.3) is 0 Å². The molecule has 0 aliphatic carbocycles. The van der Waals surface area contributed by atoms with Crippen LogP contribution in [0.4, 0.5) is 0 Å². The maximum absolute atomic E-state index is 5.77.